The summed E-state index contributed by atoms with van der Waals surface area (Å²) in [5.74, 6) is 0.775. The van der Waals surface area contributed by atoms with Gasteiger partial charge in [-0.15, -0.1) is 0 Å². The second kappa shape index (κ2) is 9.73. The van der Waals surface area contributed by atoms with Crippen LogP contribution in [0.3, 0.4) is 0 Å². The Morgan fingerprint density at radius 3 is 2.66 bits per heavy atom. The Morgan fingerprint density at radius 1 is 1.12 bits per heavy atom. The molecule has 3 N–H and O–H groups in total. The van der Waals surface area contributed by atoms with Crippen LogP contribution < -0.4 is 16.0 Å². The van der Waals surface area contributed by atoms with Crippen molar-refractivity contribution in [1.29, 1.82) is 5.26 Å². The average Bonchev–Trinajstić information content (AvgIpc) is 3.18. The van der Waals surface area contributed by atoms with E-state index in [1.807, 2.05) is 42.5 Å². The standard InChI is InChI=1S/C23H18BrClN6O/c24-19-14-29-31-21(19)11-16(18-3-1-2-4-20(18)25)12-22(31)27-9-10-28-23(32)30-17-7-5-15(13-26)6-8-17/h1-8,11-12,14,27H,9-10H2,(H2,28,30,32). The van der Waals surface area contributed by atoms with Crippen molar-refractivity contribution in [1.82, 2.24) is 14.9 Å². The van der Waals surface area contributed by atoms with E-state index in [-0.39, 0.29) is 6.03 Å². The number of carbonyl (C=O) groups excluding carboxylic acids is 1. The Labute approximate surface area is 198 Å². The summed E-state index contributed by atoms with van der Waals surface area (Å²) in [6.07, 6.45) is 1.74. The fraction of sp³-hybridized carbons (Fsp3) is 0.0870. The first-order valence-corrected chi connectivity index (χ1v) is 10.9. The fourth-order valence-corrected chi connectivity index (χ4v) is 3.82. The van der Waals surface area contributed by atoms with Crippen molar-refractivity contribution >= 4 is 50.6 Å². The normalized spacial score (nSPS) is 10.5. The molecule has 0 saturated heterocycles. The molecule has 0 aliphatic carbocycles. The van der Waals surface area contributed by atoms with Crippen molar-refractivity contribution in [2.45, 2.75) is 0 Å². The number of amides is 2. The minimum absolute atomic E-state index is 0.326. The largest absolute Gasteiger partial charge is 0.368 e. The number of nitriles is 1. The van der Waals surface area contributed by atoms with Crippen molar-refractivity contribution in [3.8, 4) is 17.2 Å². The Hall–Kier alpha value is -3.54. The first-order chi connectivity index (χ1) is 15.5. The van der Waals surface area contributed by atoms with Gasteiger partial charge in [0.05, 0.1) is 27.8 Å². The lowest BCUT2D eigenvalue weighted by molar-refractivity contribution is 0.252. The van der Waals surface area contributed by atoms with E-state index in [4.69, 9.17) is 16.9 Å². The quantitative estimate of drug-likeness (QED) is 0.298. The lowest BCUT2D eigenvalue weighted by atomic mass is 10.1. The Balaban J connectivity index is 1.42. The first kappa shape index (κ1) is 21.7. The molecule has 0 unspecified atom stereocenters. The van der Waals surface area contributed by atoms with Crippen LogP contribution in [0.5, 0.6) is 0 Å². The highest BCUT2D eigenvalue weighted by Gasteiger charge is 2.11. The van der Waals surface area contributed by atoms with Gasteiger partial charge in [0.15, 0.2) is 0 Å². The molecule has 4 rings (SSSR count). The summed E-state index contributed by atoms with van der Waals surface area (Å²) >= 11 is 9.94. The molecule has 2 aromatic heterocycles. The molecule has 0 saturated carbocycles. The number of aromatic nitrogens is 2. The number of fused-ring (bicyclic) bond motifs is 1. The van der Waals surface area contributed by atoms with E-state index in [1.165, 1.54) is 0 Å². The Morgan fingerprint density at radius 2 is 1.91 bits per heavy atom. The maximum atomic E-state index is 12.1. The number of hydrogen-bond acceptors (Lipinski definition) is 4. The monoisotopic (exact) mass is 508 g/mol. The number of nitrogens with zero attached hydrogens (tertiary/aromatic N) is 3. The van der Waals surface area contributed by atoms with Crippen LogP contribution in [0, 0.1) is 11.3 Å². The zero-order valence-electron chi connectivity index (χ0n) is 16.8. The van der Waals surface area contributed by atoms with E-state index in [0.717, 1.165) is 26.9 Å². The molecule has 0 atom stereocenters. The number of hydrogen-bond donors (Lipinski definition) is 3. The molecule has 0 spiro atoms. The van der Waals surface area contributed by atoms with Crippen LogP contribution in [-0.4, -0.2) is 28.7 Å². The molecular weight excluding hydrogens is 492 g/mol. The fourth-order valence-electron chi connectivity index (χ4n) is 3.20. The van der Waals surface area contributed by atoms with E-state index in [1.54, 1.807) is 35.0 Å². The summed E-state index contributed by atoms with van der Waals surface area (Å²) in [6.45, 7) is 0.877. The lowest BCUT2D eigenvalue weighted by Crippen LogP contribution is -2.32. The van der Waals surface area contributed by atoms with E-state index in [2.05, 4.69) is 37.0 Å². The number of halogens is 2. The van der Waals surface area contributed by atoms with Gasteiger partial charge in [-0.25, -0.2) is 9.31 Å². The van der Waals surface area contributed by atoms with Gasteiger partial charge in [-0.2, -0.15) is 10.4 Å². The van der Waals surface area contributed by atoms with Gasteiger partial charge in [0.1, 0.15) is 5.82 Å². The zero-order valence-corrected chi connectivity index (χ0v) is 19.1. The number of rotatable bonds is 6. The third-order valence-corrected chi connectivity index (χ3v) is 5.69. The highest BCUT2D eigenvalue weighted by Crippen LogP contribution is 2.32. The molecule has 0 bridgehead atoms. The minimum Gasteiger partial charge on any atom is -0.368 e. The molecule has 4 aromatic rings. The van der Waals surface area contributed by atoms with Crippen molar-refractivity contribution in [3.63, 3.8) is 0 Å². The Bertz CT molecular complexity index is 1310. The molecule has 9 heteroatoms. The summed E-state index contributed by atoms with van der Waals surface area (Å²) in [6, 6.07) is 20.0. The third kappa shape index (κ3) is 4.85. The molecule has 2 amide bonds. The summed E-state index contributed by atoms with van der Waals surface area (Å²) in [5.41, 5.74) is 3.93. The molecule has 0 aliphatic rings. The molecular formula is C23H18BrClN6O. The molecule has 2 heterocycles. The van der Waals surface area contributed by atoms with Crippen LogP contribution in [0.15, 0.2) is 71.3 Å². The van der Waals surface area contributed by atoms with Crippen LogP contribution in [-0.2, 0) is 0 Å². The van der Waals surface area contributed by atoms with Crippen LogP contribution in [0.25, 0.3) is 16.6 Å². The number of benzene rings is 2. The summed E-state index contributed by atoms with van der Waals surface area (Å²) in [4.78, 5) is 12.1. The number of anilines is 2. The SMILES string of the molecule is N#Cc1ccc(NC(=O)NCCNc2cc(-c3ccccc3Cl)cc3c(Br)cnn23)cc1. The van der Waals surface area contributed by atoms with Crippen molar-refractivity contribution < 1.29 is 4.79 Å². The van der Waals surface area contributed by atoms with Gasteiger partial charge in [-0.1, -0.05) is 29.8 Å². The van der Waals surface area contributed by atoms with Crippen LogP contribution in [0.2, 0.25) is 5.02 Å². The third-order valence-electron chi connectivity index (χ3n) is 4.75. The van der Waals surface area contributed by atoms with E-state index >= 15 is 0 Å². The molecule has 7 nitrogen and oxygen atoms in total. The maximum absolute atomic E-state index is 12.1. The van der Waals surface area contributed by atoms with E-state index < -0.39 is 0 Å². The smallest absolute Gasteiger partial charge is 0.319 e. The number of carbonyl (C=O) groups is 1. The predicted molar refractivity (Wildman–Crippen MR) is 130 cm³/mol. The predicted octanol–water partition coefficient (Wildman–Crippen LogP) is 5.52. The molecule has 2 aromatic carbocycles. The summed E-state index contributed by atoms with van der Waals surface area (Å²) < 4.78 is 2.66. The van der Waals surface area contributed by atoms with Crippen LogP contribution in [0.1, 0.15) is 5.56 Å². The van der Waals surface area contributed by atoms with Gasteiger partial charge in [-0.05, 0) is 64.0 Å². The van der Waals surface area contributed by atoms with Gasteiger partial charge < -0.3 is 16.0 Å². The second-order valence-electron chi connectivity index (χ2n) is 6.90. The highest BCUT2D eigenvalue weighted by molar-refractivity contribution is 9.10. The number of pyridine rings is 1. The van der Waals surface area contributed by atoms with Gasteiger partial charge in [0, 0.05) is 29.4 Å². The van der Waals surface area contributed by atoms with Gasteiger partial charge in [0.25, 0.3) is 0 Å². The van der Waals surface area contributed by atoms with E-state index in [9.17, 15) is 4.79 Å². The molecule has 160 valence electrons. The summed E-state index contributed by atoms with van der Waals surface area (Å²) in [5, 5.41) is 22.8. The molecule has 0 aliphatic heterocycles. The molecule has 32 heavy (non-hydrogen) atoms. The summed E-state index contributed by atoms with van der Waals surface area (Å²) in [7, 11) is 0. The van der Waals surface area contributed by atoms with Crippen LogP contribution in [0.4, 0.5) is 16.3 Å². The van der Waals surface area contributed by atoms with Gasteiger partial charge in [0.2, 0.25) is 0 Å². The first-order valence-electron chi connectivity index (χ1n) is 9.76. The maximum Gasteiger partial charge on any atom is 0.319 e. The van der Waals surface area contributed by atoms with Crippen LogP contribution >= 0.6 is 27.5 Å². The van der Waals surface area contributed by atoms with Crippen molar-refractivity contribution in [3.05, 3.63) is 81.9 Å². The second-order valence-corrected chi connectivity index (χ2v) is 8.16. The highest BCUT2D eigenvalue weighted by atomic mass is 79.9. The van der Waals surface area contributed by atoms with E-state index in [0.29, 0.717) is 29.4 Å². The topological polar surface area (TPSA) is 94.2 Å². The van der Waals surface area contributed by atoms with Gasteiger partial charge in [-0.3, -0.25) is 0 Å². The number of urea groups is 1. The minimum atomic E-state index is -0.326. The Kier molecular flexibility index (Phi) is 6.59. The average molecular weight is 510 g/mol. The zero-order chi connectivity index (χ0) is 22.5. The van der Waals surface area contributed by atoms with Crippen molar-refractivity contribution in [2.75, 3.05) is 23.7 Å². The lowest BCUT2D eigenvalue weighted by Gasteiger charge is -2.13. The number of nitrogens with one attached hydrogen (secondary N) is 3. The molecule has 0 radical (unpaired) electrons. The molecule has 0 fully saturated rings. The van der Waals surface area contributed by atoms with Gasteiger partial charge >= 0.3 is 6.03 Å². The van der Waals surface area contributed by atoms with Crippen molar-refractivity contribution in [2.24, 2.45) is 0 Å².